The number of ether oxygens (including phenoxy) is 1. The van der Waals surface area contributed by atoms with Gasteiger partial charge in [-0.3, -0.25) is 4.79 Å². The largest absolute Gasteiger partial charge is 0.356 e. The molecule has 1 saturated heterocycles. The van der Waals surface area contributed by atoms with Crippen LogP contribution in [-0.2, 0) is 22.4 Å². The molecule has 3 heteroatoms. The number of amides is 1. The van der Waals surface area contributed by atoms with E-state index in [-0.39, 0.29) is 17.7 Å². The summed E-state index contributed by atoms with van der Waals surface area (Å²) >= 11 is 0. The summed E-state index contributed by atoms with van der Waals surface area (Å²) in [6.07, 6.45) is 2.28. The Balaban J connectivity index is 1.94. The Labute approximate surface area is 121 Å². The molecule has 110 valence electrons. The number of carbonyl (C=O) groups excluding carboxylic acids is 1. The topological polar surface area (TPSA) is 29.5 Å². The van der Waals surface area contributed by atoms with Gasteiger partial charge in [-0.25, -0.2) is 0 Å². The molecule has 20 heavy (non-hydrogen) atoms. The third-order valence-corrected chi connectivity index (χ3v) is 4.02. The minimum absolute atomic E-state index is 0.111. The van der Waals surface area contributed by atoms with Gasteiger partial charge in [-0.2, -0.15) is 0 Å². The first-order chi connectivity index (χ1) is 9.44. The summed E-state index contributed by atoms with van der Waals surface area (Å²) in [5, 5.41) is 0. The molecule has 1 fully saturated rings. The predicted molar refractivity (Wildman–Crippen MR) is 80.5 cm³/mol. The molecule has 1 heterocycles. The van der Waals surface area contributed by atoms with Crippen LogP contribution in [0.4, 0.5) is 0 Å². The van der Waals surface area contributed by atoms with Crippen molar-refractivity contribution in [3.8, 4) is 0 Å². The SMILES string of the molecule is CCc1ccc(CCC(=O)N2C(C)OCC2(C)C)cc1. The Morgan fingerprint density at radius 3 is 2.40 bits per heavy atom. The molecule has 1 aliphatic rings. The number of rotatable bonds is 4. The number of carbonyl (C=O) groups is 1. The van der Waals surface area contributed by atoms with Crippen LogP contribution in [0.2, 0.25) is 0 Å². The molecule has 0 bridgehead atoms. The molecule has 0 radical (unpaired) electrons. The van der Waals surface area contributed by atoms with E-state index < -0.39 is 0 Å². The maximum atomic E-state index is 12.4. The Hall–Kier alpha value is -1.35. The van der Waals surface area contributed by atoms with Crippen molar-refractivity contribution in [3.63, 3.8) is 0 Å². The quantitative estimate of drug-likeness (QED) is 0.844. The predicted octanol–water partition coefficient (Wildman–Crippen LogP) is 3.17. The first-order valence-electron chi connectivity index (χ1n) is 7.45. The van der Waals surface area contributed by atoms with Gasteiger partial charge in [0.15, 0.2) is 0 Å². The summed E-state index contributed by atoms with van der Waals surface area (Å²) in [6.45, 7) is 8.83. The molecule has 0 saturated carbocycles. The number of aryl methyl sites for hydroxylation is 2. The third-order valence-electron chi connectivity index (χ3n) is 4.02. The smallest absolute Gasteiger partial charge is 0.225 e. The van der Waals surface area contributed by atoms with Crippen LogP contribution in [0.1, 0.15) is 45.2 Å². The summed E-state index contributed by atoms with van der Waals surface area (Å²) in [4.78, 5) is 14.3. The third kappa shape index (κ3) is 3.21. The van der Waals surface area contributed by atoms with E-state index in [4.69, 9.17) is 4.74 Å². The summed E-state index contributed by atoms with van der Waals surface area (Å²) < 4.78 is 5.59. The van der Waals surface area contributed by atoms with Crippen LogP contribution in [0.3, 0.4) is 0 Å². The van der Waals surface area contributed by atoms with Gasteiger partial charge in [0.25, 0.3) is 0 Å². The van der Waals surface area contributed by atoms with Gasteiger partial charge in [-0.15, -0.1) is 0 Å². The van der Waals surface area contributed by atoms with Gasteiger partial charge in [0.05, 0.1) is 12.1 Å². The molecular formula is C17H25NO2. The number of hydrogen-bond donors (Lipinski definition) is 0. The van der Waals surface area contributed by atoms with Gasteiger partial charge >= 0.3 is 0 Å². The second-order valence-corrected chi connectivity index (χ2v) is 6.16. The molecule has 1 atom stereocenters. The average molecular weight is 275 g/mol. The molecule has 0 N–H and O–H groups in total. The molecule has 0 spiro atoms. The van der Waals surface area contributed by atoms with E-state index in [2.05, 4.69) is 45.0 Å². The summed E-state index contributed by atoms with van der Waals surface area (Å²) in [7, 11) is 0. The highest BCUT2D eigenvalue weighted by molar-refractivity contribution is 5.77. The second-order valence-electron chi connectivity index (χ2n) is 6.16. The fraction of sp³-hybridized carbons (Fsp3) is 0.588. The normalized spacial score (nSPS) is 21.2. The van der Waals surface area contributed by atoms with E-state index in [0.717, 1.165) is 12.8 Å². The van der Waals surface area contributed by atoms with Crippen LogP contribution in [-0.4, -0.2) is 29.2 Å². The number of nitrogens with zero attached hydrogens (tertiary/aromatic N) is 1. The fourth-order valence-corrected chi connectivity index (χ4v) is 2.81. The molecule has 1 amide bonds. The summed E-state index contributed by atoms with van der Waals surface area (Å²) in [5.41, 5.74) is 2.37. The summed E-state index contributed by atoms with van der Waals surface area (Å²) in [6, 6.07) is 8.54. The van der Waals surface area contributed by atoms with Crippen molar-refractivity contribution in [3.05, 3.63) is 35.4 Å². The molecular weight excluding hydrogens is 250 g/mol. The van der Waals surface area contributed by atoms with Gasteiger partial charge < -0.3 is 9.64 Å². The molecule has 1 unspecified atom stereocenters. The van der Waals surface area contributed by atoms with Crippen molar-refractivity contribution in [1.82, 2.24) is 4.90 Å². The standard InChI is InChI=1S/C17H25NO2/c1-5-14-6-8-15(9-7-14)10-11-16(19)18-13(2)20-12-17(18,3)4/h6-9,13H,5,10-12H2,1-4H3. The van der Waals surface area contributed by atoms with E-state index in [9.17, 15) is 4.79 Å². The van der Waals surface area contributed by atoms with Crippen molar-refractivity contribution in [2.24, 2.45) is 0 Å². The van der Waals surface area contributed by atoms with E-state index >= 15 is 0 Å². The molecule has 0 aromatic heterocycles. The lowest BCUT2D eigenvalue weighted by atomic mass is 10.0. The Bertz CT molecular complexity index is 464. The van der Waals surface area contributed by atoms with E-state index in [1.165, 1.54) is 11.1 Å². The highest BCUT2D eigenvalue weighted by atomic mass is 16.5. The van der Waals surface area contributed by atoms with Crippen molar-refractivity contribution in [1.29, 1.82) is 0 Å². The maximum absolute atomic E-state index is 12.4. The van der Waals surface area contributed by atoms with Crippen LogP contribution in [0, 0.1) is 0 Å². The van der Waals surface area contributed by atoms with Crippen molar-refractivity contribution >= 4 is 5.91 Å². The highest BCUT2D eigenvalue weighted by Gasteiger charge is 2.40. The lowest BCUT2D eigenvalue weighted by Gasteiger charge is -2.32. The van der Waals surface area contributed by atoms with Crippen molar-refractivity contribution in [2.45, 2.75) is 58.7 Å². The highest BCUT2D eigenvalue weighted by Crippen LogP contribution is 2.27. The van der Waals surface area contributed by atoms with Crippen LogP contribution < -0.4 is 0 Å². The van der Waals surface area contributed by atoms with E-state index in [1.54, 1.807) is 0 Å². The lowest BCUT2D eigenvalue weighted by Crippen LogP contribution is -2.47. The first-order valence-corrected chi connectivity index (χ1v) is 7.45. The van der Waals surface area contributed by atoms with Gasteiger partial charge in [-0.05, 0) is 44.7 Å². The molecule has 1 aromatic rings. The Morgan fingerprint density at radius 1 is 1.30 bits per heavy atom. The minimum atomic E-state index is -0.192. The molecule has 3 nitrogen and oxygen atoms in total. The van der Waals surface area contributed by atoms with Gasteiger partial charge in [-0.1, -0.05) is 31.2 Å². The average Bonchev–Trinajstić information content (AvgIpc) is 2.70. The fourth-order valence-electron chi connectivity index (χ4n) is 2.81. The van der Waals surface area contributed by atoms with Gasteiger partial charge in [0.2, 0.25) is 5.91 Å². The first kappa shape index (κ1) is 15.0. The van der Waals surface area contributed by atoms with Crippen LogP contribution in [0.5, 0.6) is 0 Å². The van der Waals surface area contributed by atoms with E-state index in [1.807, 2.05) is 11.8 Å². The zero-order chi connectivity index (χ0) is 14.8. The monoisotopic (exact) mass is 275 g/mol. The Kier molecular flexibility index (Phi) is 4.48. The zero-order valence-electron chi connectivity index (χ0n) is 13.0. The molecule has 0 aliphatic carbocycles. The number of hydrogen-bond acceptors (Lipinski definition) is 2. The van der Waals surface area contributed by atoms with Crippen molar-refractivity contribution < 1.29 is 9.53 Å². The second kappa shape index (κ2) is 5.96. The van der Waals surface area contributed by atoms with Crippen LogP contribution in [0.15, 0.2) is 24.3 Å². The minimum Gasteiger partial charge on any atom is -0.356 e. The lowest BCUT2D eigenvalue weighted by molar-refractivity contribution is -0.139. The summed E-state index contributed by atoms with van der Waals surface area (Å²) in [5.74, 6) is 0.180. The Morgan fingerprint density at radius 2 is 1.90 bits per heavy atom. The molecule has 1 aliphatic heterocycles. The van der Waals surface area contributed by atoms with Crippen molar-refractivity contribution in [2.75, 3.05) is 6.61 Å². The van der Waals surface area contributed by atoms with Crippen LogP contribution >= 0.6 is 0 Å². The molecule has 1 aromatic carbocycles. The van der Waals surface area contributed by atoms with Gasteiger partial charge in [0.1, 0.15) is 6.23 Å². The zero-order valence-corrected chi connectivity index (χ0v) is 13.0. The van der Waals surface area contributed by atoms with Gasteiger partial charge in [0, 0.05) is 6.42 Å². The van der Waals surface area contributed by atoms with E-state index in [0.29, 0.717) is 13.0 Å². The van der Waals surface area contributed by atoms with Crippen LogP contribution in [0.25, 0.3) is 0 Å². The maximum Gasteiger partial charge on any atom is 0.225 e. The molecule has 2 rings (SSSR count). The number of benzene rings is 1.